The van der Waals surface area contributed by atoms with E-state index in [0.29, 0.717) is 31.8 Å². The van der Waals surface area contributed by atoms with Crippen molar-refractivity contribution in [2.24, 2.45) is 0 Å². The van der Waals surface area contributed by atoms with Crippen LogP contribution in [0.2, 0.25) is 0 Å². The smallest absolute Gasteiger partial charge is 0.119 e. The summed E-state index contributed by atoms with van der Waals surface area (Å²) in [5.74, 6) is 1.35. The molecule has 2 aliphatic rings. The molecule has 0 N–H and O–H groups in total. The van der Waals surface area contributed by atoms with Crippen LogP contribution in [0.15, 0.2) is 109 Å². The SMILES string of the molecule is C.CCc1ccc(-c2ccc(CC)cc2)cc1.c1ccc(C2COOC2)cc1.c1ccc(OCC2CO2)cc1. The fourth-order valence-corrected chi connectivity index (χ4v) is 3.96. The van der Waals surface area contributed by atoms with Crippen molar-refractivity contribution < 1.29 is 19.2 Å². The quantitative estimate of drug-likeness (QED) is 0.179. The van der Waals surface area contributed by atoms with Gasteiger partial charge in [0, 0.05) is 5.92 Å². The van der Waals surface area contributed by atoms with E-state index in [1.165, 1.54) is 27.8 Å². The summed E-state index contributed by atoms with van der Waals surface area (Å²) < 4.78 is 10.4. The summed E-state index contributed by atoms with van der Waals surface area (Å²) in [4.78, 5) is 9.62. The highest BCUT2D eigenvalue weighted by atomic mass is 17.2. The summed E-state index contributed by atoms with van der Waals surface area (Å²) in [7, 11) is 0. The molecule has 0 spiro atoms. The van der Waals surface area contributed by atoms with E-state index >= 15 is 0 Å². The maximum absolute atomic E-state index is 5.40. The zero-order chi connectivity index (χ0) is 26.4. The van der Waals surface area contributed by atoms with Gasteiger partial charge in [-0.25, -0.2) is 9.78 Å². The van der Waals surface area contributed by atoms with Crippen LogP contribution in [0.5, 0.6) is 5.75 Å². The lowest BCUT2D eigenvalue weighted by Gasteiger charge is -2.04. The molecule has 2 heterocycles. The number of hydrogen-bond acceptors (Lipinski definition) is 4. The van der Waals surface area contributed by atoms with Gasteiger partial charge in [-0.3, -0.25) is 0 Å². The Hall–Kier alpha value is -3.44. The maximum Gasteiger partial charge on any atom is 0.119 e. The van der Waals surface area contributed by atoms with Crippen molar-refractivity contribution in [1.82, 2.24) is 0 Å². The van der Waals surface area contributed by atoms with Crippen molar-refractivity contribution in [2.75, 3.05) is 26.4 Å². The van der Waals surface area contributed by atoms with Crippen LogP contribution in [-0.2, 0) is 27.4 Å². The first-order valence-corrected chi connectivity index (χ1v) is 13.5. The molecule has 206 valence electrons. The van der Waals surface area contributed by atoms with Gasteiger partial charge in [-0.1, -0.05) is 118 Å². The van der Waals surface area contributed by atoms with Crippen LogP contribution in [0, 0.1) is 0 Å². The standard InChI is InChI=1S/C16H18.2C9H10O2.CH4/c1-3-13-5-9-15(10-6-13)16-11-7-14(4-2)8-12-16;1-2-4-8(5-3-1)10-6-9-7-11-9;1-2-4-8(5-3-1)9-6-10-11-7-9;/h5-12H,3-4H2,1-2H3;2*1-5,9H,6-7H2;1H4. The summed E-state index contributed by atoms with van der Waals surface area (Å²) >= 11 is 0. The molecule has 39 heavy (non-hydrogen) atoms. The number of para-hydroxylation sites is 1. The first kappa shape index (κ1) is 30.1. The zero-order valence-corrected chi connectivity index (χ0v) is 22.4. The molecule has 4 aromatic rings. The Balaban J connectivity index is 0.000000164. The van der Waals surface area contributed by atoms with Crippen molar-refractivity contribution in [3.63, 3.8) is 0 Å². The highest BCUT2D eigenvalue weighted by Crippen LogP contribution is 2.21. The second-order valence-electron chi connectivity index (χ2n) is 9.36. The fourth-order valence-electron chi connectivity index (χ4n) is 3.96. The summed E-state index contributed by atoms with van der Waals surface area (Å²) in [6.45, 7) is 7.28. The third-order valence-corrected chi connectivity index (χ3v) is 6.53. The van der Waals surface area contributed by atoms with Crippen LogP contribution in [0.1, 0.15) is 43.9 Å². The molecule has 0 aliphatic carbocycles. The molecule has 4 heteroatoms. The van der Waals surface area contributed by atoms with Crippen molar-refractivity contribution >= 4 is 0 Å². The molecular formula is C35H42O4. The van der Waals surface area contributed by atoms with Gasteiger partial charge in [-0.2, -0.15) is 0 Å². The molecule has 0 aromatic heterocycles. The van der Waals surface area contributed by atoms with Crippen molar-refractivity contribution in [1.29, 1.82) is 0 Å². The second kappa shape index (κ2) is 16.5. The topological polar surface area (TPSA) is 40.2 Å². The van der Waals surface area contributed by atoms with E-state index < -0.39 is 0 Å². The van der Waals surface area contributed by atoms with Crippen LogP contribution >= 0.6 is 0 Å². The molecule has 2 fully saturated rings. The average molecular weight is 527 g/mol. The van der Waals surface area contributed by atoms with Gasteiger partial charge in [0.25, 0.3) is 0 Å². The van der Waals surface area contributed by atoms with Crippen LogP contribution < -0.4 is 4.74 Å². The van der Waals surface area contributed by atoms with Crippen molar-refractivity contribution in [3.05, 3.63) is 126 Å². The molecule has 4 nitrogen and oxygen atoms in total. The monoisotopic (exact) mass is 526 g/mol. The third-order valence-electron chi connectivity index (χ3n) is 6.53. The number of epoxide rings is 1. The summed E-state index contributed by atoms with van der Waals surface area (Å²) in [5, 5.41) is 0. The molecule has 0 saturated carbocycles. The van der Waals surface area contributed by atoms with Gasteiger partial charge in [-0.15, -0.1) is 0 Å². The van der Waals surface area contributed by atoms with E-state index in [-0.39, 0.29) is 7.43 Å². The van der Waals surface area contributed by atoms with Crippen molar-refractivity contribution in [3.8, 4) is 16.9 Å². The van der Waals surface area contributed by atoms with Crippen molar-refractivity contribution in [2.45, 2.75) is 46.1 Å². The normalized spacial score (nSPS) is 15.6. The van der Waals surface area contributed by atoms with Gasteiger partial charge >= 0.3 is 0 Å². The molecule has 1 atom stereocenters. The molecule has 1 unspecified atom stereocenters. The van der Waals surface area contributed by atoms with E-state index in [2.05, 4.69) is 74.5 Å². The number of hydrogen-bond donors (Lipinski definition) is 0. The van der Waals surface area contributed by atoms with Gasteiger partial charge in [-0.05, 0) is 52.8 Å². The number of rotatable bonds is 7. The van der Waals surface area contributed by atoms with Crippen LogP contribution in [0.25, 0.3) is 11.1 Å². The minimum atomic E-state index is 0. The highest BCUT2D eigenvalue weighted by molar-refractivity contribution is 5.63. The first-order valence-electron chi connectivity index (χ1n) is 13.5. The van der Waals surface area contributed by atoms with Gasteiger partial charge in [0.05, 0.1) is 19.8 Å². The number of ether oxygens (including phenoxy) is 2. The van der Waals surface area contributed by atoms with E-state index in [1.807, 2.05) is 48.5 Å². The van der Waals surface area contributed by atoms with Gasteiger partial charge in [0.15, 0.2) is 0 Å². The Morgan fingerprint density at radius 3 is 1.51 bits per heavy atom. The molecule has 2 aliphatic heterocycles. The third kappa shape index (κ3) is 10.3. The molecule has 6 rings (SSSR count). The predicted molar refractivity (Wildman–Crippen MR) is 160 cm³/mol. The molecule has 0 amide bonds. The molecule has 0 bridgehead atoms. The Kier molecular flexibility index (Phi) is 12.7. The predicted octanol–water partition coefficient (Wildman–Crippen LogP) is 8.31. The lowest BCUT2D eigenvalue weighted by Crippen LogP contribution is -2.03. The molecule has 2 saturated heterocycles. The van der Waals surface area contributed by atoms with E-state index in [4.69, 9.17) is 19.2 Å². The molecule has 0 radical (unpaired) electrons. The zero-order valence-electron chi connectivity index (χ0n) is 22.4. The Bertz CT molecular complexity index is 1120. The summed E-state index contributed by atoms with van der Waals surface area (Å²) in [5.41, 5.74) is 6.70. The second-order valence-corrected chi connectivity index (χ2v) is 9.36. The van der Waals surface area contributed by atoms with E-state index in [1.54, 1.807) is 0 Å². The number of aryl methyl sites for hydroxylation is 2. The van der Waals surface area contributed by atoms with E-state index in [9.17, 15) is 0 Å². The minimum absolute atomic E-state index is 0. The first-order chi connectivity index (χ1) is 18.7. The fraction of sp³-hybridized carbons (Fsp3) is 0.314. The maximum atomic E-state index is 5.40. The molecule has 4 aromatic carbocycles. The summed E-state index contributed by atoms with van der Waals surface area (Å²) in [6.07, 6.45) is 2.56. The minimum Gasteiger partial charge on any atom is -0.491 e. The van der Waals surface area contributed by atoms with Crippen LogP contribution in [0.4, 0.5) is 0 Å². The number of benzene rings is 4. The Morgan fingerprint density at radius 2 is 1.08 bits per heavy atom. The largest absolute Gasteiger partial charge is 0.491 e. The lowest BCUT2D eigenvalue weighted by molar-refractivity contribution is -0.248. The Morgan fingerprint density at radius 1 is 0.615 bits per heavy atom. The van der Waals surface area contributed by atoms with Crippen LogP contribution in [-0.4, -0.2) is 32.5 Å². The Labute approximate surface area is 234 Å². The average Bonchev–Trinajstić information content (AvgIpc) is 3.68. The highest BCUT2D eigenvalue weighted by Gasteiger charge is 2.22. The van der Waals surface area contributed by atoms with Gasteiger partial charge < -0.3 is 9.47 Å². The van der Waals surface area contributed by atoms with E-state index in [0.717, 1.165) is 25.2 Å². The lowest BCUT2D eigenvalue weighted by atomic mass is 10.0. The van der Waals surface area contributed by atoms with Gasteiger partial charge in [0.2, 0.25) is 0 Å². The summed E-state index contributed by atoms with van der Waals surface area (Å²) in [6, 6.07) is 37.8. The molecular weight excluding hydrogens is 484 g/mol. The van der Waals surface area contributed by atoms with Crippen LogP contribution in [0.3, 0.4) is 0 Å². The van der Waals surface area contributed by atoms with Gasteiger partial charge in [0.1, 0.15) is 18.5 Å².